The predicted octanol–water partition coefficient (Wildman–Crippen LogP) is 21.1. The van der Waals surface area contributed by atoms with E-state index in [1.807, 2.05) is 0 Å². The van der Waals surface area contributed by atoms with E-state index in [2.05, 4.69) is 327 Å². The molecule has 0 unspecified atom stereocenters. The molecule has 2 aliphatic rings. The highest BCUT2D eigenvalue weighted by atomic mass is 15.1. The monoisotopic (exact) mass is 1060 g/mol. The van der Waals surface area contributed by atoms with Gasteiger partial charge in [-0.3, -0.25) is 0 Å². The second-order valence-electron chi connectivity index (χ2n) is 22.6. The van der Waals surface area contributed by atoms with Crippen LogP contribution in [0.25, 0.3) is 54.6 Å². The molecular weight excluding hydrogens is 1000 g/mol. The van der Waals surface area contributed by atoms with Gasteiger partial charge in [0.05, 0.1) is 22.2 Å². The SMILES string of the molecule is CCc1cccc(N(c2ccc(C3(c4ccccc4)c4ccccc4-c4ccccc43)cc2)c2ccc3ccc4c(N(c5ccc(C6(c7ccccc7)c7ccccc7-c7ccccc76)cc5)c5cccc(C)c5)ccc5ccc2c3c54)c1. The fourth-order valence-electron chi connectivity index (χ4n) is 14.8. The van der Waals surface area contributed by atoms with Crippen molar-refractivity contribution in [3.8, 4) is 22.3 Å². The number of anilines is 6. The van der Waals surface area contributed by atoms with Gasteiger partial charge in [-0.05, 0) is 173 Å². The highest BCUT2D eigenvalue weighted by molar-refractivity contribution is 6.28. The van der Waals surface area contributed by atoms with Gasteiger partial charge in [-0.25, -0.2) is 0 Å². The normalized spacial score (nSPS) is 13.4. The Morgan fingerprint density at radius 2 is 0.651 bits per heavy atom. The fourth-order valence-corrected chi connectivity index (χ4v) is 14.8. The Kier molecular flexibility index (Phi) is 11.2. The lowest BCUT2D eigenvalue weighted by Crippen LogP contribution is -2.28. The van der Waals surface area contributed by atoms with Gasteiger partial charge in [0.15, 0.2) is 0 Å². The average molecular weight is 1060 g/mol. The van der Waals surface area contributed by atoms with Gasteiger partial charge in [-0.15, -0.1) is 0 Å². The Labute approximate surface area is 485 Å². The average Bonchev–Trinajstić information content (AvgIpc) is 1.79. The zero-order valence-electron chi connectivity index (χ0n) is 46.5. The summed E-state index contributed by atoms with van der Waals surface area (Å²) in [4.78, 5) is 4.97. The highest BCUT2D eigenvalue weighted by Gasteiger charge is 2.47. The van der Waals surface area contributed by atoms with Gasteiger partial charge < -0.3 is 9.80 Å². The predicted molar refractivity (Wildman–Crippen MR) is 348 cm³/mol. The molecule has 0 saturated carbocycles. The first-order valence-electron chi connectivity index (χ1n) is 29.2. The van der Waals surface area contributed by atoms with Crippen LogP contribution in [0.2, 0.25) is 0 Å². The number of benzene rings is 14. The van der Waals surface area contributed by atoms with Gasteiger partial charge in [0, 0.05) is 33.5 Å². The molecule has 14 aromatic rings. The van der Waals surface area contributed by atoms with Crippen LogP contribution in [0.1, 0.15) is 62.6 Å². The number of nitrogens with zero attached hydrogens (tertiary/aromatic N) is 2. The van der Waals surface area contributed by atoms with Gasteiger partial charge in [0.1, 0.15) is 0 Å². The van der Waals surface area contributed by atoms with Crippen LogP contribution in [0, 0.1) is 6.92 Å². The Hall–Kier alpha value is -10.3. The smallest absolute Gasteiger partial charge is 0.0713 e. The first-order valence-corrected chi connectivity index (χ1v) is 29.2. The van der Waals surface area contributed by atoms with Crippen molar-refractivity contribution in [1.29, 1.82) is 0 Å². The summed E-state index contributed by atoms with van der Waals surface area (Å²) in [6.07, 6.45) is 0.941. The third-order valence-corrected chi connectivity index (χ3v) is 18.4. The molecule has 0 aromatic heterocycles. The second kappa shape index (κ2) is 19.2. The van der Waals surface area contributed by atoms with Crippen LogP contribution in [0.4, 0.5) is 34.1 Å². The maximum Gasteiger partial charge on any atom is 0.0713 e. The number of aryl methyl sites for hydroxylation is 2. The molecule has 0 N–H and O–H groups in total. The number of hydrogen-bond donors (Lipinski definition) is 0. The molecule has 14 aromatic carbocycles. The summed E-state index contributed by atoms with van der Waals surface area (Å²) >= 11 is 0. The summed E-state index contributed by atoms with van der Waals surface area (Å²) in [7, 11) is 0. The van der Waals surface area contributed by atoms with Crippen LogP contribution in [0.5, 0.6) is 0 Å². The van der Waals surface area contributed by atoms with Crippen molar-refractivity contribution in [3.05, 3.63) is 359 Å². The zero-order valence-corrected chi connectivity index (χ0v) is 46.5. The molecule has 0 aliphatic heterocycles. The molecule has 0 heterocycles. The van der Waals surface area contributed by atoms with E-state index in [4.69, 9.17) is 0 Å². The van der Waals surface area contributed by atoms with E-state index in [1.54, 1.807) is 0 Å². The minimum Gasteiger partial charge on any atom is -0.310 e. The lowest BCUT2D eigenvalue weighted by Gasteiger charge is -2.35. The van der Waals surface area contributed by atoms with Crippen molar-refractivity contribution in [1.82, 2.24) is 0 Å². The maximum absolute atomic E-state index is 2.49. The van der Waals surface area contributed by atoms with E-state index in [1.165, 1.54) is 110 Å². The van der Waals surface area contributed by atoms with E-state index in [-0.39, 0.29) is 0 Å². The Balaban J connectivity index is 0.866. The molecule has 2 heteroatoms. The summed E-state index contributed by atoms with van der Waals surface area (Å²) in [6.45, 7) is 4.44. The minimum atomic E-state index is -0.488. The van der Waals surface area contributed by atoms with Gasteiger partial charge in [-0.1, -0.05) is 250 Å². The van der Waals surface area contributed by atoms with Crippen molar-refractivity contribution in [3.63, 3.8) is 0 Å². The van der Waals surface area contributed by atoms with Crippen LogP contribution < -0.4 is 9.80 Å². The van der Waals surface area contributed by atoms with Crippen molar-refractivity contribution in [2.24, 2.45) is 0 Å². The van der Waals surface area contributed by atoms with E-state index >= 15 is 0 Å². The molecule has 392 valence electrons. The Morgan fingerprint density at radius 3 is 1.06 bits per heavy atom. The van der Waals surface area contributed by atoms with Crippen LogP contribution in [0.15, 0.2) is 303 Å². The minimum absolute atomic E-state index is 0.488. The maximum atomic E-state index is 2.49. The summed E-state index contributed by atoms with van der Waals surface area (Å²) in [5.41, 5.74) is 23.7. The summed E-state index contributed by atoms with van der Waals surface area (Å²) in [5.74, 6) is 0. The molecule has 0 spiro atoms. The van der Waals surface area contributed by atoms with Gasteiger partial charge in [0.25, 0.3) is 0 Å². The first-order chi connectivity index (χ1) is 41.0. The van der Waals surface area contributed by atoms with Gasteiger partial charge in [0.2, 0.25) is 0 Å². The summed E-state index contributed by atoms with van der Waals surface area (Å²) in [6, 6.07) is 114. The molecule has 0 amide bonds. The third-order valence-electron chi connectivity index (χ3n) is 18.4. The molecule has 0 fully saturated rings. The third kappa shape index (κ3) is 7.22. The van der Waals surface area contributed by atoms with Crippen LogP contribution >= 0.6 is 0 Å². The second-order valence-corrected chi connectivity index (χ2v) is 22.6. The van der Waals surface area contributed by atoms with Crippen LogP contribution in [-0.4, -0.2) is 0 Å². The molecule has 0 radical (unpaired) electrons. The summed E-state index contributed by atoms with van der Waals surface area (Å²) in [5, 5.41) is 7.37. The van der Waals surface area contributed by atoms with E-state index in [0.29, 0.717) is 0 Å². The van der Waals surface area contributed by atoms with Crippen LogP contribution in [-0.2, 0) is 17.3 Å². The highest BCUT2D eigenvalue weighted by Crippen LogP contribution is 2.58. The van der Waals surface area contributed by atoms with Crippen molar-refractivity contribution < 1.29 is 0 Å². The largest absolute Gasteiger partial charge is 0.310 e. The molecule has 83 heavy (non-hydrogen) atoms. The van der Waals surface area contributed by atoms with Crippen molar-refractivity contribution >= 4 is 66.4 Å². The van der Waals surface area contributed by atoms with Crippen LogP contribution in [0.3, 0.4) is 0 Å². The molecule has 0 atom stereocenters. The Morgan fingerprint density at radius 1 is 0.289 bits per heavy atom. The fraction of sp³-hybridized carbons (Fsp3) is 0.0617. The lowest BCUT2D eigenvalue weighted by molar-refractivity contribution is 0.768. The van der Waals surface area contributed by atoms with E-state index < -0.39 is 10.8 Å². The molecule has 2 aliphatic carbocycles. The molecule has 2 nitrogen and oxygen atoms in total. The first kappa shape index (κ1) is 48.6. The van der Waals surface area contributed by atoms with Gasteiger partial charge in [-0.2, -0.15) is 0 Å². The summed E-state index contributed by atoms with van der Waals surface area (Å²) < 4.78 is 0. The zero-order chi connectivity index (χ0) is 55.2. The quantitative estimate of drug-likeness (QED) is 0.119. The van der Waals surface area contributed by atoms with Gasteiger partial charge >= 0.3 is 0 Å². The molecule has 0 saturated heterocycles. The van der Waals surface area contributed by atoms with E-state index in [0.717, 1.165) is 40.5 Å². The lowest BCUT2D eigenvalue weighted by atomic mass is 9.68. The molecule has 0 bridgehead atoms. The van der Waals surface area contributed by atoms with Crippen molar-refractivity contribution in [2.75, 3.05) is 9.80 Å². The molecule has 16 rings (SSSR count). The number of fused-ring (bicyclic) bond motifs is 6. The topological polar surface area (TPSA) is 6.48 Å². The standard InChI is InChI=1S/C81H58N2/c1-3-55-21-19-27-65(53-55)83(63-46-42-61(43-47-63)81(59-24-8-5-9-25-59)74-34-16-12-30-68(74)69-31-13-17-35-75(69)81)77-51-39-57-36-48-70-76(50-38-56-37-49-71(77)79(57)78(56)70)82(64-26-18-20-54(2)52-64)62-44-40-60(41-45-62)80(58-22-6-4-7-23-58)72-32-14-10-28-66(72)67-29-11-15-33-73(67)80/h4-53H,3H2,1-2H3. The molecular formula is C81H58N2. The number of rotatable bonds is 11. The number of hydrogen-bond acceptors (Lipinski definition) is 2. The Bertz CT molecular complexity index is 4700. The van der Waals surface area contributed by atoms with E-state index in [9.17, 15) is 0 Å². The van der Waals surface area contributed by atoms with Crippen molar-refractivity contribution in [2.45, 2.75) is 31.1 Å².